The molecule has 0 radical (unpaired) electrons. The molecule has 2 aromatic carbocycles. The highest BCUT2D eigenvalue weighted by molar-refractivity contribution is 9.10. The Hall–Kier alpha value is -2.51. The first-order valence-corrected chi connectivity index (χ1v) is 9.89. The quantitative estimate of drug-likeness (QED) is 0.614. The van der Waals surface area contributed by atoms with Gasteiger partial charge in [0.05, 0.1) is 6.04 Å². The number of benzene rings is 2. The topological polar surface area (TPSA) is 49.4 Å². The van der Waals surface area contributed by atoms with Crippen molar-refractivity contribution in [3.8, 4) is 0 Å². The molecule has 0 saturated carbocycles. The normalized spacial score (nSPS) is 16.4. The van der Waals surface area contributed by atoms with Crippen LogP contribution >= 0.6 is 27.3 Å². The van der Waals surface area contributed by atoms with Crippen LogP contribution in [-0.4, -0.2) is 23.3 Å². The Morgan fingerprint density at radius 1 is 1.19 bits per heavy atom. The molecule has 0 spiro atoms. The average molecular weight is 445 g/mol. The molecule has 4 nitrogen and oxygen atoms in total. The van der Waals surface area contributed by atoms with Gasteiger partial charge in [-0.25, -0.2) is 4.39 Å². The molecule has 1 aromatic heterocycles. The van der Waals surface area contributed by atoms with E-state index in [0.717, 1.165) is 14.9 Å². The predicted octanol–water partition coefficient (Wildman–Crippen LogP) is 4.83. The second-order valence-electron chi connectivity index (χ2n) is 6.14. The second-order valence-corrected chi connectivity index (χ2v) is 8.04. The summed E-state index contributed by atoms with van der Waals surface area (Å²) in [7, 11) is 0. The van der Waals surface area contributed by atoms with Crippen LogP contribution in [0.15, 0.2) is 64.5 Å². The van der Waals surface area contributed by atoms with Crippen LogP contribution in [0.1, 0.15) is 26.8 Å². The Morgan fingerprint density at radius 2 is 2.04 bits per heavy atom. The number of thiophene rings is 1. The first-order chi connectivity index (χ1) is 13.0. The van der Waals surface area contributed by atoms with E-state index < -0.39 is 17.8 Å². The second kappa shape index (κ2) is 7.25. The summed E-state index contributed by atoms with van der Waals surface area (Å²) in [5.74, 6) is -1.17. The first kappa shape index (κ1) is 17.9. The molecule has 1 aliphatic heterocycles. The van der Waals surface area contributed by atoms with E-state index in [0.29, 0.717) is 5.69 Å². The number of halogens is 2. The van der Waals surface area contributed by atoms with Gasteiger partial charge in [0.15, 0.2) is 0 Å². The fourth-order valence-electron chi connectivity index (χ4n) is 3.21. The molecule has 1 aliphatic rings. The van der Waals surface area contributed by atoms with Gasteiger partial charge in [-0.05, 0) is 47.8 Å². The van der Waals surface area contributed by atoms with E-state index in [4.69, 9.17) is 0 Å². The van der Waals surface area contributed by atoms with Crippen LogP contribution in [0.25, 0.3) is 0 Å². The minimum Gasteiger partial charge on any atom is -0.324 e. The number of carbonyl (C=O) groups is 2. The minimum absolute atomic E-state index is 0.121. The van der Waals surface area contributed by atoms with Crippen LogP contribution in [0.2, 0.25) is 0 Å². The zero-order valence-corrected chi connectivity index (χ0v) is 16.4. The molecule has 1 N–H and O–H groups in total. The molecule has 0 aliphatic carbocycles. The van der Waals surface area contributed by atoms with Crippen LogP contribution in [0.3, 0.4) is 0 Å². The van der Waals surface area contributed by atoms with Crippen LogP contribution in [0.5, 0.6) is 0 Å². The monoisotopic (exact) mass is 444 g/mol. The van der Waals surface area contributed by atoms with Crippen molar-refractivity contribution >= 4 is 44.8 Å². The standard InChI is InChI=1S/C20H14BrFN2O2S/c21-13-6-7-16-15(10-13)19(17-5-2-8-27-17)24(11-18(25)23-16)20(26)12-3-1-4-14(22)9-12/h1-10,19H,11H2,(H,23,25). The molecular weight excluding hydrogens is 431 g/mol. The van der Waals surface area contributed by atoms with Gasteiger partial charge in [0.2, 0.25) is 5.91 Å². The summed E-state index contributed by atoms with van der Waals surface area (Å²) in [4.78, 5) is 28.1. The number of rotatable bonds is 2. The summed E-state index contributed by atoms with van der Waals surface area (Å²) in [6.45, 7) is -0.121. The molecule has 1 atom stereocenters. The van der Waals surface area contributed by atoms with Crippen molar-refractivity contribution in [2.24, 2.45) is 0 Å². The molecule has 136 valence electrons. The van der Waals surface area contributed by atoms with Crippen molar-refractivity contribution in [3.05, 3.63) is 86.3 Å². The van der Waals surface area contributed by atoms with Crippen molar-refractivity contribution in [1.82, 2.24) is 4.90 Å². The molecule has 7 heteroatoms. The fourth-order valence-corrected chi connectivity index (χ4v) is 4.44. The van der Waals surface area contributed by atoms with E-state index in [1.807, 2.05) is 35.7 Å². The highest BCUT2D eigenvalue weighted by atomic mass is 79.9. The molecular formula is C20H14BrFN2O2S. The highest BCUT2D eigenvalue weighted by Gasteiger charge is 2.34. The number of hydrogen-bond acceptors (Lipinski definition) is 3. The van der Waals surface area contributed by atoms with Crippen molar-refractivity contribution in [2.75, 3.05) is 11.9 Å². The number of amides is 2. The summed E-state index contributed by atoms with van der Waals surface area (Å²) in [5, 5.41) is 4.79. The molecule has 3 aromatic rings. The number of nitrogens with one attached hydrogen (secondary N) is 1. The molecule has 2 heterocycles. The van der Waals surface area contributed by atoms with Gasteiger partial charge >= 0.3 is 0 Å². The Morgan fingerprint density at radius 3 is 2.78 bits per heavy atom. The average Bonchev–Trinajstić information content (AvgIpc) is 3.12. The van der Waals surface area contributed by atoms with Gasteiger partial charge in [0, 0.05) is 26.2 Å². The van der Waals surface area contributed by atoms with Gasteiger partial charge in [0.1, 0.15) is 12.4 Å². The first-order valence-electron chi connectivity index (χ1n) is 8.22. The van der Waals surface area contributed by atoms with Gasteiger partial charge in [-0.15, -0.1) is 11.3 Å². The molecule has 0 bridgehead atoms. The van der Waals surface area contributed by atoms with Crippen LogP contribution in [-0.2, 0) is 4.79 Å². The molecule has 2 amide bonds. The van der Waals surface area contributed by atoms with E-state index in [2.05, 4.69) is 21.2 Å². The lowest BCUT2D eigenvalue weighted by Crippen LogP contribution is -2.38. The Balaban J connectivity index is 1.88. The zero-order valence-electron chi connectivity index (χ0n) is 14.0. The lowest BCUT2D eigenvalue weighted by molar-refractivity contribution is -0.117. The molecule has 4 rings (SSSR count). The number of fused-ring (bicyclic) bond motifs is 1. The van der Waals surface area contributed by atoms with Gasteiger partial charge in [-0.2, -0.15) is 0 Å². The van der Waals surface area contributed by atoms with Crippen molar-refractivity contribution in [2.45, 2.75) is 6.04 Å². The SMILES string of the molecule is O=C1CN(C(=O)c2cccc(F)c2)C(c2cccs2)c2cc(Br)ccc2N1. The van der Waals surface area contributed by atoms with E-state index in [9.17, 15) is 14.0 Å². The van der Waals surface area contributed by atoms with Gasteiger partial charge in [0.25, 0.3) is 5.91 Å². The van der Waals surface area contributed by atoms with E-state index in [1.165, 1.54) is 34.4 Å². The third-order valence-corrected chi connectivity index (χ3v) is 5.77. The lowest BCUT2D eigenvalue weighted by Gasteiger charge is -2.29. The molecule has 27 heavy (non-hydrogen) atoms. The third kappa shape index (κ3) is 3.52. The van der Waals surface area contributed by atoms with Gasteiger partial charge in [-0.3, -0.25) is 9.59 Å². The summed E-state index contributed by atoms with van der Waals surface area (Å²) in [6, 6.07) is 14.5. The number of hydrogen-bond donors (Lipinski definition) is 1. The largest absolute Gasteiger partial charge is 0.324 e. The number of nitrogens with zero attached hydrogens (tertiary/aromatic N) is 1. The number of anilines is 1. The van der Waals surface area contributed by atoms with Crippen molar-refractivity contribution in [1.29, 1.82) is 0 Å². The third-order valence-electron chi connectivity index (χ3n) is 4.35. The highest BCUT2D eigenvalue weighted by Crippen LogP contribution is 2.39. The summed E-state index contributed by atoms with van der Waals surface area (Å²) in [6.07, 6.45) is 0. The van der Waals surface area contributed by atoms with Gasteiger partial charge in [-0.1, -0.05) is 28.1 Å². The summed E-state index contributed by atoms with van der Waals surface area (Å²) < 4.78 is 14.5. The van der Waals surface area contributed by atoms with Crippen LogP contribution in [0.4, 0.5) is 10.1 Å². The maximum Gasteiger partial charge on any atom is 0.255 e. The Kier molecular flexibility index (Phi) is 4.80. The molecule has 0 saturated heterocycles. The molecule has 1 unspecified atom stereocenters. The lowest BCUT2D eigenvalue weighted by atomic mass is 10.0. The fraction of sp³-hybridized carbons (Fsp3) is 0.100. The summed E-state index contributed by atoms with van der Waals surface area (Å²) in [5.41, 5.74) is 1.68. The summed E-state index contributed by atoms with van der Waals surface area (Å²) >= 11 is 4.98. The van der Waals surface area contributed by atoms with E-state index in [1.54, 1.807) is 6.07 Å². The van der Waals surface area contributed by atoms with Crippen molar-refractivity contribution in [3.63, 3.8) is 0 Å². The smallest absolute Gasteiger partial charge is 0.255 e. The zero-order chi connectivity index (χ0) is 19.0. The van der Waals surface area contributed by atoms with Crippen LogP contribution < -0.4 is 5.32 Å². The predicted molar refractivity (Wildman–Crippen MR) is 106 cm³/mol. The van der Waals surface area contributed by atoms with Crippen LogP contribution in [0, 0.1) is 5.82 Å². The van der Waals surface area contributed by atoms with Gasteiger partial charge < -0.3 is 10.2 Å². The van der Waals surface area contributed by atoms with E-state index >= 15 is 0 Å². The maximum atomic E-state index is 13.7. The number of carbonyl (C=O) groups excluding carboxylic acids is 2. The van der Waals surface area contributed by atoms with E-state index in [-0.39, 0.29) is 18.0 Å². The van der Waals surface area contributed by atoms with Crippen molar-refractivity contribution < 1.29 is 14.0 Å². The molecule has 0 fully saturated rings. The minimum atomic E-state index is -0.490. The Bertz CT molecular complexity index is 1020. The Labute approximate surface area is 167 Å². The maximum absolute atomic E-state index is 13.7.